The highest BCUT2D eigenvalue weighted by atomic mass is 16.7. The first-order valence-electron chi connectivity index (χ1n) is 7.78. The first-order chi connectivity index (χ1) is 10.7. The smallest absolute Gasteiger partial charge is 0.184 e. The molecule has 1 fully saturated rings. The van der Waals surface area contributed by atoms with Crippen molar-refractivity contribution in [3.8, 4) is 5.75 Å². The van der Waals surface area contributed by atoms with E-state index in [0.717, 1.165) is 16.9 Å². The second-order valence-electron chi connectivity index (χ2n) is 5.78. The molecule has 3 heteroatoms. The lowest BCUT2D eigenvalue weighted by molar-refractivity contribution is -0.0451. The van der Waals surface area contributed by atoms with Crippen LogP contribution in [0.3, 0.4) is 0 Å². The third kappa shape index (κ3) is 3.49. The quantitative estimate of drug-likeness (QED) is 0.817. The van der Waals surface area contributed by atoms with Crippen LogP contribution in [0.25, 0.3) is 0 Å². The molecule has 0 atom stereocenters. The minimum absolute atomic E-state index is 0.261. The Labute approximate surface area is 131 Å². The molecule has 3 rings (SSSR count). The topological polar surface area (TPSA) is 27.7 Å². The SMILES string of the molecule is CC(C)c1ccc(OCc2ccccc2C2OCCO2)cc1. The third-order valence-corrected chi connectivity index (χ3v) is 3.87. The van der Waals surface area contributed by atoms with Crippen molar-refractivity contribution in [2.45, 2.75) is 32.7 Å². The summed E-state index contributed by atoms with van der Waals surface area (Å²) in [5.74, 6) is 1.42. The average Bonchev–Trinajstić information content (AvgIpc) is 3.08. The lowest BCUT2D eigenvalue weighted by Gasteiger charge is -2.15. The van der Waals surface area contributed by atoms with Crippen LogP contribution in [0.5, 0.6) is 5.75 Å². The monoisotopic (exact) mass is 298 g/mol. The molecule has 0 aliphatic carbocycles. The summed E-state index contributed by atoms with van der Waals surface area (Å²) < 4.78 is 17.1. The molecule has 2 aromatic carbocycles. The van der Waals surface area contributed by atoms with Gasteiger partial charge >= 0.3 is 0 Å². The molecule has 0 spiro atoms. The van der Waals surface area contributed by atoms with Crippen LogP contribution in [-0.4, -0.2) is 13.2 Å². The Bertz CT molecular complexity index is 598. The Hall–Kier alpha value is -1.84. The maximum absolute atomic E-state index is 5.92. The molecule has 2 aromatic rings. The van der Waals surface area contributed by atoms with Crippen molar-refractivity contribution in [1.82, 2.24) is 0 Å². The zero-order chi connectivity index (χ0) is 15.4. The van der Waals surface area contributed by atoms with Crippen LogP contribution in [0.15, 0.2) is 48.5 Å². The number of ether oxygens (including phenoxy) is 3. The van der Waals surface area contributed by atoms with Crippen LogP contribution < -0.4 is 4.74 Å². The van der Waals surface area contributed by atoms with Gasteiger partial charge in [-0.15, -0.1) is 0 Å². The predicted molar refractivity (Wildman–Crippen MR) is 86.0 cm³/mol. The average molecular weight is 298 g/mol. The molecular weight excluding hydrogens is 276 g/mol. The summed E-state index contributed by atoms with van der Waals surface area (Å²) in [7, 11) is 0. The van der Waals surface area contributed by atoms with Gasteiger partial charge in [-0.05, 0) is 29.2 Å². The van der Waals surface area contributed by atoms with Gasteiger partial charge in [-0.1, -0.05) is 50.2 Å². The summed E-state index contributed by atoms with van der Waals surface area (Å²) in [4.78, 5) is 0. The maximum Gasteiger partial charge on any atom is 0.184 e. The van der Waals surface area contributed by atoms with Crippen molar-refractivity contribution in [2.24, 2.45) is 0 Å². The molecule has 0 saturated carbocycles. The fraction of sp³-hybridized carbons (Fsp3) is 0.368. The summed E-state index contributed by atoms with van der Waals surface area (Å²) in [6.45, 7) is 6.19. The second kappa shape index (κ2) is 6.95. The van der Waals surface area contributed by atoms with Crippen molar-refractivity contribution < 1.29 is 14.2 Å². The number of hydrogen-bond donors (Lipinski definition) is 0. The molecule has 0 unspecified atom stereocenters. The van der Waals surface area contributed by atoms with E-state index in [0.29, 0.717) is 25.7 Å². The second-order valence-corrected chi connectivity index (χ2v) is 5.78. The third-order valence-electron chi connectivity index (χ3n) is 3.87. The molecule has 0 amide bonds. The lowest BCUT2D eigenvalue weighted by atomic mass is 10.0. The van der Waals surface area contributed by atoms with Gasteiger partial charge in [-0.2, -0.15) is 0 Å². The Balaban J connectivity index is 1.68. The molecule has 1 heterocycles. The molecule has 22 heavy (non-hydrogen) atoms. The standard InChI is InChI=1S/C19H22O3/c1-14(2)15-7-9-17(10-8-15)22-13-16-5-3-4-6-18(16)19-20-11-12-21-19/h3-10,14,19H,11-13H2,1-2H3. The van der Waals surface area contributed by atoms with E-state index in [-0.39, 0.29) is 6.29 Å². The van der Waals surface area contributed by atoms with Gasteiger partial charge < -0.3 is 14.2 Å². The van der Waals surface area contributed by atoms with Gasteiger partial charge in [0.1, 0.15) is 12.4 Å². The molecule has 1 aliphatic heterocycles. The van der Waals surface area contributed by atoms with E-state index in [9.17, 15) is 0 Å². The van der Waals surface area contributed by atoms with Gasteiger partial charge in [0.2, 0.25) is 0 Å². The molecule has 0 radical (unpaired) electrons. The molecule has 0 bridgehead atoms. The highest BCUT2D eigenvalue weighted by Gasteiger charge is 2.21. The molecular formula is C19H22O3. The minimum atomic E-state index is -0.261. The predicted octanol–water partition coefficient (Wildman–Crippen LogP) is 4.43. The zero-order valence-electron chi connectivity index (χ0n) is 13.1. The Morgan fingerprint density at radius 3 is 2.36 bits per heavy atom. The van der Waals surface area contributed by atoms with Crippen LogP contribution in [0.2, 0.25) is 0 Å². The molecule has 3 nitrogen and oxygen atoms in total. The maximum atomic E-state index is 5.92. The van der Waals surface area contributed by atoms with E-state index in [1.54, 1.807) is 0 Å². The van der Waals surface area contributed by atoms with E-state index >= 15 is 0 Å². The van der Waals surface area contributed by atoms with E-state index in [1.165, 1.54) is 5.56 Å². The highest BCUT2D eigenvalue weighted by molar-refractivity contribution is 5.31. The van der Waals surface area contributed by atoms with Crippen LogP contribution in [-0.2, 0) is 16.1 Å². The molecule has 0 aromatic heterocycles. The fourth-order valence-corrected chi connectivity index (χ4v) is 2.54. The van der Waals surface area contributed by atoms with E-state index in [1.807, 2.05) is 30.3 Å². The summed E-state index contributed by atoms with van der Waals surface area (Å²) in [5, 5.41) is 0. The van der Waals surface area contributed by atoms with Gasteiger partial charge in [-0.25, -0.2) is 0 Å². The largest absolute Gasteiger partial charge is 0.489 e. The first kappa shape index (κ1) is 15.1. The molecule has 0 N–H and O–H groups in total. The van der Waals surface area contributed by atoms with Gasteiger partial charge in [0, 0.05) is 5.56 Å². The summed E-state index contributed by atoms with van der Waals surface area (Å²) in [6.07, 6.45) is -0.261. The number of benzene rings is 2. The van der Waals surface area contributed by atoms with Crippen LogP contribution in [0.1, 0.15) is 42.7 Å². The molecule has 1 saturated heterocycles. The van der Waals surface area contributed by atoms with Crippen molar-refractivity contribution in [3.63, 3.8) is 0 Å². The number of hydrogen-bond acceptors (Lipinski definition) is 3. The highest BCUT2D eigenvalue weighted by Crippen LogP contribution is 2.27. The molecule has 116 valence electrons. The lowest BCUT2D eigenvalue weighted by Crippen LogP contribution is -2.05. The Kier molecular flexibility index (Phi) is 4.76. The Morgan fingerprint density at radius 1 is 1.00 bits per heavy atom. The first-order valence-corrected chi connectivity index (χ1v) is 7.78. The van der Waals surface area contributed by atoms with Crippen LogP contribution in [0.4, 0.5) is 0 Å². The minimum Gasteiger partial charge on any atom is -0.489 e. The summed E-state index contributed by atoms with van der Waals surface area (Å²) in [6, 6.07) is 16.4. The van der Waals surface area contributed by atoms with E-state index in [2.05, 4.69) is 32.0 Å². The van der Waals surface area contributed by atoms with E-state index in [4.69, 9.17) is 14.2 Å². The van der Waals surface area contributed by atoms with Crippen molar-refractivity contribution in [1.29, 1.82) is 0 Å². The van der Waals surface area contributed by atoms with Crippen LogP contribution in [0, 0.1) is 0 Å². The fourth-order valence-electron chi connectivity index (χ4n) is 2.54. The van der Waals surface area contributed by atoms with Gasteiger partial charge in [-0.3, -0.25) is 0 Å². The molecule has 1 aliphatic rings. The van der Waals surface area contributed by atoms with Gasteiger partial charge in [0.05, 0.1) is 13.2 Å². The number of rotatable bonds is 5. The van der Waals surface area contributed by atoms with Crippen LogP contribution >= 0.6 is 0 Å². The normalized spacial score (nSPS) is 15.4. The van der Waals surface area contributed by atoms with Crippen molar-refractivity contribution in [2.75, 3.05) is 13.2 Å². The van der Waals surface area contributed by atoms with Crippen molar-refractivity contribution in [3.05, 3.63) is 65.2 Å². The van der Waals surface area contributed by atoms with Crippen molar-refractivity contribution >= 4 is 0 Å². The van der Waals surface area contributed by atoms with Gasteiger partial charge in [0.25, 0.3) is 0 Å². The Morgan fingerprint density at radius 2 is 1.68 bits per heavy atom. The zero-order valence-corrected chi connectivity index (χ0v) is 13.1. The summed E-state index contributed by atoms with van der Waals surface area (Å²) in [5.41, 5.74) is 3.47. The summed E-state index contributed by atoms with van der Waals surface area (Å²) >= 11 is 0. The van der Waals surface area contributed by atoms with Gasteiger partial charge in [0.15, 0.2) is 6.29 Å². The van der Waals surface area contributed by atoms with E-state index < -0.39 is 0 Å².